The third-order valence-electron chi connectivity index (χ3n) is 4.08. The van der Waals surface area contributed by atoms with Gasteiger partial charge >= 0.3 is 5.69 Å². The normalized spacial score (nSPS) is 24.7. The third-order valence-corrected chi connectivity index (χ3v) is 4.08. The number of hydrogen-bond acceptors (Lipinski definition) is 7. The number of nitrogens with zero attached hydrogens (tertiary/aromatic N) is 4. The molecule has 0 amide bonds. The monoisotopic (exact) mass is 293 g/mol. The predicted octanol–water partition coefficient (Wildman–Crippen LogP) is 1.57. The summed E-state index contributed by atoms with van der Waals surface area (Å²) in [4.78, 5) is 21.3. The lowest BCUT2D eigenvalue weighted by Gasteiger charge is -2.38. The SMILES string of the molecule is CCNc1ncnc(N2CCOC3CCCC32)c1[N+](=O)[O-]. The first kappa shape index (κ1) is 14.0. The van der Waals surface area contributed by atoms with Gasteiger partial charge in [0.1, 0.15) is 6.33 Å². The molecule has 2 aliphatic rings. The molecule has 0 spiro atoms. The highest BCUT2D eigenvalue weighted by Gasteiger charge is 2.40. The van der Waals surface area contributed by atoms with E-state index in [0.717, 1.165) is 19.3 Å². The molecule has 1 saturated carbocycles. The van der Waals surface area contributed by atoms with E-state index in [2.05, 4.69) is 15.3 Å². The molecule has 2 atom stereocenters. The number of fused-ring (bicyclic) bond motifs is 1. The topological polar surface area (TPSA) is 93.4 Å². The van der Waals surface area contributed by atoms with Gasteiger partial charge in [0.15, 0.2) is 0 Å². The Morgan fingerprint density at radius 2 is 2.38 bits per heavy atom. The van der Waals surface area contributed by atoms with Gasteiger partial charge in [0, 0.05) is 13.1 Å². The summed E-state index contributed by atoms with van der Waals surface area (Å²) in [6.45, 7) is 3.67. The maximum Gasteiger partial charge on any atom is 0.353 e. The number of morpholine rings is 1. The average Bonchev–Trinajstić information content (AvgIpc) is 2.95. The van der Waals surface area contributed by atoms with E-state index >= 15 is 0 Å². The lowest BCUT2D eigenvalue weighted by Crippen LogP contribution is -2.49. The van der Waals surface area contributed by atoms with Crippen molar-refractivity contribution in [1.29, 1.82) is 0 Å². The molecular formula is C13H19N5O3. The van der Waals surface area contributed by atoms with Crippen molar-refractivity contribution >= 4 is 17.3 Å². The number of nitro groups is 1. The van der Waals surface area contributed by atoms with Crippen LogP contribution in [0.1, 0.15) is 26.2 Å². The molecule has 2 heterocycles. The zero-order chi connectivity index (χ0) is 14.8. The molecule has 21 heavy (non-hydrogen) atoms. The number of aromatic nitrogens is 2. The zero-order valence-electron chi connectivity index (χ0n) is 12.0. The Labute approximate surface area is 122 Å². The molecule has 8 nitrogen and oxygen atoms in total. The van der Waals surface area contributed by atoms with Crippen LogP contribution in [0.25, 0.3) is 0 Å². The van der Waals surface area contributed by atoms with E-state index in [-0.39, 0.29) is 23.7 Å². The van der Waals surface area contributed by atoms with Crippen molar-refractivity contribution in [1.82, 2.24) is 9.97 Å². The van der Waals surface area contributed by atoms with E-state index in [1.54, 1.807) is 0 Å². The second-order valence-electron chi connectivity index (χ2n) is 5.28. The third kappa shape index (κ3) is 2.51. The fourth-order valence-electron chi connectivity index (χ4n) is 3.23. The number of rotatable bonds is 4. The van der Waals surface area contributed by atoms with E-state index in [0.29, 0.717) is 25.5 Å². The van der Waals surface area contributed by atoms with Crippen molar-refractivity contribution in [3.8, 4) is 0 Å². The minimum Gasteiger partial charge on any atom is -0.374 e. The first-order valence-corrected chi connectivity index (χ1v) is 7.34. The zero-order valence-corrected chi connectivity index (χ0v) is 12.0. The van der Waals surface area contributed by atoms with Gasteiger partial charge in [-0.05, 0) is 26.2 Å². The summed E-state index contributed by atoms with van der Waals surface area (Å²) >= 11 is 0. The second kappa shape index (κ2) is 5.80. The van der Waals surface area contributed by atoms with Crippen LogP contribution >= 0.6 is 0 Å². The van der Waals surface area contributed by atoms with E-state index in [9.17, 15) is 10.1 Å². The lowest BCUT2D eigenvalue weighted by molar-refractivity contribution is -0.383. The van der Waals surface area contributed by atoms with E-state index in [1.165, 1.54) is 6.33 Å². The van der Waals surface area contributed by atoms with E-state index in [4.69, 9.17) is 4.74 Å². The van der Waals surface area contributed by atoms with Crippen molar-refractivity contribution in [2.24, 2.45) is 0 Å². The molecule has 3 rings (SSSR count). The Hall–Kier alpha value is -1.96. The molecule has 2 fully saturated rings. The number of ether oxygens (including phenoxy) is 1. The fourth-order valence-corrected chi connectivity index (χ4v) is 3.23. The van der Waals surface area contributed by atoms with Crippen LogP contribution in [-0.4, -0.2) is 46.7 Å². The number of anilines is 2. The second-order valence-corrected chi connectivity index (χ2v) is 5.28. The fraction of sp³-hybridized carbons (Fsp3) is 0.692. The van der Waals surface area contributed by atoms with Crippen molar-refractivity contribution in [2.75, 3.05) is 29.9 Å². The van der Waals surface area contributed by atoms with Gasteiger partial charge in [-0.1, -0.05) is 0 Å². The van der Waals surface area contributed by atoms with Crippen LogP contribution < -0.4 is 10.2 Å². The Morgan fingerprint density at radius 3 is 3.14 bits per heavy atom. The predicted molar refractivity (Wildman–Crippen MR) is 77.6 cm³/mol. The van der Waals surface area contributed by atoms with Gasteiger partial charge < -0.3 is 15.0 Å². The van der Waals surface area contributed by atoms with Gasteiger partial charge in [-0.3, -0.25) is 10.1 Å². The smallest absolute Gasteiger partial charge is 0.353 e. The summed E-state index contributed by atoms with van der Waals surface area (Å²) in [7, 11) is 0. The lowest BCUT2D eigenvalue weighted by atomic mass is 10.1. The van der Waals surface area contributed by atoms with Gasteiger partial charge in [-0.15, -0.1) is 0 Å². The molecule has 2 unspecified atom stereocenters. The average molecular weight is 293 g/mol. The minimum atomic E-state index is -0.396. The van der Waals surface area contributed by atoms with Crippen LogP contribution in [-0.2, 0) is 4.74 Å². The summed E-state index contributed by atoms with van der Waals surface area (Å²) < 4.78 is 5.76. The first-order valence-electron chi connectivity index (χ1n) is 7.34. The molecule has 1 aromatic rings. The van der Waals surface area contributed by atoms with E-state index < -0.39 is 4.92 Å². The molecule has 0 radical (unpaired) electrons. The Morgan fingerprint density at radius 1 is 1.52 bits per heavy atom. The standard InChI is InChI=1S/C13H19N5O3/c1-2-14-12-11(18(19)20)13(16-8-15-12)17-6-7-21-10-5-3-4-9(10)17/h8-10H,2-7H2,1H3,(H,14,15,16). The number of hydrogen-bond donors (Lipinski definition) is 1. The maximum atomic E-state index is 11.5. The molecule has 1 aliphatic carbocycles. The summed E-state index contributed by atoms with van der Waals surface area (Å²) in [6, 6.07) is 0.182. The van der Waals surface area contributed by atoms with Crippen LogP contribution in [0.5, 0.6) is 0 Å². The molecule has 1 N–H and O–H groups in total. The van der Waals surface area contributed by atoms with Crippen molar-refractivity contribution < 1.29 is 9.66 Å². The summed E-state index contributed by atoms with van der Waals surface area (Å²) in [5, 5.41) is 14.4. The molecular weight excluding hydrogens is 274 g/mol. The molecule has 1 aliphatic heterocycles. The van der Waals surface area contributed by atoms with Gasteiger partial charge in [0.25, 0.3) is 0 Å². The summed E-state index contributed by atoms with van der Waals surface area (Å²) in [5.74, 6) is 0.694. The van der Waals surface area contributed by atoms with Crippen molar-refractivity contribution in [3.63, 3.8) is 0 Å². The van der Waals surface area contributed by atoms with Gasteiger partial charge in [-0.2, -0.15) is 0 Å². The van der Waals surface area contributed by atoms with Crippen LogP contribution in [0.3, 0.4) is 0 Å². The highest BCUT2D eigenvalue weighted by Crippen LogP contribution is 2.38. The quantitative estimate of drug-likeness (QED) is 0.665. The van der Waals surface area contributed by atoms with Crippen LogP contribution in [0.15, 0.2) is 6.33 Å². The summed E-state index contributed by atoms with van der Waals surface area (Å²) in [6.07, 6.45) is 4.64. The van der Waals surface area contributed by atoms with Crippen LogP contribution in [0, 0.1) is 10.1 Å². The van der Waals surface area contributed by atoms with E-state index in [1.807, 2.05) is 11.8 Å². The Balaban J connectivity index is 2.00. The minimum absolute atomic E-state index is 0.0353. The molecule has 1 aromatic heterocycles. The summed E-state index contributed by atoms with van der Waals surface area (Å²) in [5.41, 5.74) is -0.0353. The highest BCUT2D eigenvalue weighted by molar-refractivity contribution is 5.70. The Bertz CT molecular complexity index is 539. The van der Waals surface area contributed by atoms with Crippen LogP contribution in [0.2, 0.25) is 0 Å². The largest absolute Gasteiger partial charge is 0.374 e. The Kier molecular flexibility index (Phi) is 3.87. The highest BCUT2D eigenvalue weighted by atomic mass is 16.6. The molecule has 1 saturated heterocycles. The first-order chi connectivity index (χ1) is 10.2. The molecule has 0 bridgehead atoms. The van der Waals surface area contributed by atoms with Crippen molar-refractivity contribution in [3.05, 3.63) is 16.4 Å². The molecule has 8 heteroatoms. The maximum absolute atomic E-state index is 11.5. The van der Waals surface area contributed by atoms with Gasteiger partial charge in [0.2, 0.25) is 11.6 Å². The van der Waals surface area contributed by atoms with Gasteiger partial charge in [-0.25, -0.2) is 9.97 Å². The number of nitrogens with one attached hydrogen (secondary N) is 1. The van der Waals surface area contributed by atoms with Crippen LogP contribution in [0.4, 0.5) is 17.3 Å². The van der Waals surface area contributed by atoms with Gasteiger partial charge in [0.05, 0.1) is 23.7 Å². The molecule has 114 valence electrons. The van der Waals surface area contributed by atoms with Crippen molar-refractivity contribution in [2.45, 2.75) is 38.3 Å². The molecule has 0 aromatic carbocycles.